The van der Waals surface area contributed by atoms with Crippen molar-refractivity contribution >= 4 is 23.5 Å². The van der Waals surface area contributed by atoms with E-state index < -0.39 is 5.97 Å². The maximum Gasteiger partial charge on any atom is 0.311 e. The Morgan fingerprint density at radius 3 is 2.71 bits per heavy atom. The molecule has 0 bridgehead atoms. The molecule has 0 aromatic heterocycles. The molecule has 2 amide bonds. The predicted molar refractivity (Wildman–Crippen MR) is 104 cm³/mol. The van der Waals surface area contributed by atoms with Crippen molar-refractivity contribution < 1.29 is 23.9 Å². The minimum absolute atomic E-state index is 0.0499. The van der Waals surface area contributed by atoms with Crippen molar-refractivity contribution in [2.45, 2.75) is 39.0 Å². The molecule has 0 radical (unpaired) electrons. The molecule has 152 valence electrons. The van der Waals surface area contributed by atoms with Crippen LogP contribution in [0.5, 0.6) is 5.75 Å². The van der Waals surface area contributed by atoms with Crippen LogP contribution in [-0.2, 0) is 25.5 Å². The maximum absolute atomic E-state index is 12.7. The van der Waals surface area contributed by atoms with E-state index in [2.05, 4.69) is 0 Å². The second kappa shape index (κ2) is 9.08. The lowest BCUT2D eigenvalue weighted by atomic mass is 9.98. The van der Waals surface area contributed by atoms with Gasteiger partial charge in [-0.05, 0) is 49.4 Å². The predicted octanol–water partition coefficient (Wildman–Crippen LogP) is 2.17. The van der Waals surface area contributed by atoms with Crippen molar-refractivity contribution in [3.63, 3.8) is 0 Å². The number of carbonyl (C=O) groups is 3. The number of carbonyl (C=O) groups excluding carboxylic acids is 3. The fourth-order valence-electron chi connectivity index (χ4n) is 3.91. The number of benzene rings is 1. The Bertz CT molecular complexity index is 748. The van der Waals surface area contributed by atoms with Crippen LogP contribution in [-0.4, -0.2) is 56.0 Å². The van der Waals surface area contributed by atoms with Gasteiger partial charge in [0.1, 0.15) is 5.75 Å². The first-order valence-corrected chi connectivity index (χ1v) is 9.95. The molecule has 1 aromatic carbocycles. The van der Waals surface area contributed by atoms with Crippen LogP contribution in [0.15, 0.2) is 18.2 Å². The highest BCUT2D eigenvalue weighted by Gasteiger charge is 2.30. The lowest BCUT2D eigenvalue weighted by Crippen LogP contribution is -2.43. The van der Waals surface area contributed by atoms with Gasteiger partial charge in [-0.2, -0.15) is 0 Å². The molecule has 0 aliphatic carbocycles. The normalized spacial score (nSPS) is 19.0. The fraction of sp³-hybridized carbons (Fsp3) is 0.571. The van der Waals surface area contributed by atoms with E-state index in [0.717, 1.165) is 36.3 Å². The van der Waals surface area contributed by atoms with Crippen molar-refractivity contribution in [3.05, 3.63) is 23.8 Å². The van der Waals surface area contributed by atoms with Crippen molar-refractivity contribution in [2.24, 2.45) is 5.92 Å². The molecule has 1 unspecified atom stereocenters. The molecule has 28 heavy (non-hydrogen) atoms. The molecule has 7 heteroatoms. The first kappa shape index (κ1) is 20.2. The van der Waals surface area contributed by atoms with Crippen molar-refractivity contribution in [1.82, 2.24) is 4.90 Å². The van der Waals surface area contributed by atoms with E-state index in [0.29, 0.717) is 32.5 Å². The summed E-state index contributed by atoms with van der Waals surface area (Å²) in [5, 5.41) is 0. The number of aryl methyl sites for hydroxylation is 1. The summed E-state index contributed by atoms with van der Waals surface area (Å²) >= 11 is 0. The van der Waals surface area contributed by atoms with Gasteiger partial charge in [0, 0.05) is 31.7 Å². The summed E-state index contributed by atoms with van der Waals surface area (Å²) in [5.41, 5.74) is 1.91. The molecule has 0 saturated carbocycles. The topological polar surface area (TPSA) is 76.2 Å². The van der Waals surface area contributed by atoms with E-state index in [1.807, 2.05) is 25.1 Å². The summed E-state index contributed by atoms with van der Waals surface area (Å²) in [7, 11) is 1.62. The zero-order valence-corrected chi connectivity index (χ0v) is 16.6. The van der Waals surface area contributed by atoms with Crippen molar-refractivity contribution in [2.75, 3.05) is 38.3 Å². The molecule has 3 rings (SSSR count). The zero-order chi connectivity index (χ0) is 20.1. The number of likely N-dealkylation sites (tertiary alicyclic amines) is 1. The third-order valence-corrected chi connectivity index (χ3v) is 5.45. The van der Waals surface area contributed by atoms with Crippen LogP contribution in [0.2, 0.25) is 0 Å². The molecule has 7 nitrogen and oxygen atoms in total. The Kier molecular flexibility index (Phi) is 6.54. The molecule has 2 aliphatic heterocycles. The molecule has 2 heterocycles. The number of rotatable bonds is 5. The Morgan fingerprint density at radius 2 is 1.96 bits per heavy atom. The number of ether oxygens (including phenoxy) is 2. The van der Waals surface area contributed by atoms with Crippen molar-refractivity contribution in [1.29, 1.82) is 0 Å². The summed E-state index contributed by atoms with van der Waals surface area (Å²) in [6.45, 7) is 3.21. The molecule has 1 fully saturated rings. The van der Waals surface area contributed by atoms with Gasteiger partial charge in [-0.1, -0.05) is 6.92 Å². The van der Waals surface area contributed by atoms with Crippen molar-refractivity contribution in [3.8, 4) is 5.75 Å². The smallest absolute Gasteiger partial charge is 0.311 e. The second-order valence-electron chi connectivity index (χ2n) is 7.28. The standard InChI is InChI=1S/C21H28N2O5/c1-3-19(24)22-10-4-7-16(13-22)21(26)28-14-20(25)23-11-5-6-15-12-17(27-2)8-9-18(15)23/h8-9,12,16H,3-7,10-11,13-14H2,1-2H3. The summed E-state index contributed by atoms with van der Waals surface area (Å²) in [6.07, 6.45) is 3.64. The SMILES string of the molecule is CCC(=O)N1CCCC(C(=O)OCC(=O)N2CCCc3cc(OC)ccc32)C1. The van der Waals surface area contributed by atoms with E-state index >= 15 is 0 Å². The van der Waals surface area contributed by atoms with Gasteiger partial charge in [-0.15, -0.1) is 0 Å². The first-order valence-electron chi connectivity index (χ1n) is 9.95. The number of hydrogen-bond acceptors (Lipinski definition) is 5. The summed E-state index contributed by atoms with van der Waals surface area (Å²) in [4.78, 5) is 40.4. The van der Waals surface area contributed by atoms with Crippen LogP contribution in [0.25, 0.3) is 0 Å². The minimum Gasteiger partial charge on any atom is -0.497 e. The van der Waals surface area contributed by atoms with Gasteiger partial charge < -0.3 is 19.3 Å². The monoisotopic (exact) mass is 388 g/mol. The molecule has 0 N–H and O–H groups in total. The van der Waals surface area contributed by atoms with E-state index in [4.69, 9.17) is 9.47 Å². The summed E-state index contributed by atoms with van der Waals surface area (Å²) in [5.74, 6) is -0.155. The lowest BCUT2D eigenvalue weighted by molar-refractivity contribution is -0.154. The van der Waals surface area contributed by atoms with Crippen LogP contribution in [0, 0.1) is 5.92 Å². The van der Waals surface area contributed by atoms with Crippen LogP contribution in [0.1, 0.15) is 38.2 Å². The molecule has 1 aromatic rings. The third kappa shape index (κ3) is 4.46. The first-order chi connectivity index (χ1) is 13.5. The average molecular weight is 388 g/mol. The molecular formula is C21H28N2O5. The molecule has 2 aliphatic rings. The van der Waals surface area contributed by atoms with Gasteiger partial charge in [0.25, 0.3) is 5.91 Å². The van der Waals surface area contributed by atoms with E-state index in [1.54, 1.807) is 16.9 Å². The van der Waals surface area contributed by atoms with Gasteiger partial charge in [0.2, 0.25) is 5.91 Å². The number of nitrogens with zero attached hydrogens (tertiary/aromatic N) is 2. The van der Waals surface area contributed by atoms with Gasteiger partial charge in [0.05, 0.1) is 13.0 Å². The second-order valence-corrected chi connectivity index (χ2v) is 7.28. The van der Waals surface area contributed by atoms with Gasteiger partial charge in [-0.3, -0.25) is 14.4 Å². The average Bonchev–Trinajstić information content (AvgIpc) is 2.75. The minimum atomic E-state index is -0.395. The molecular weight excluding hydrogens is 360 g/mol. The van der Waals surface area contributed by atoms with Crippen LogP contribution in [0.4, 0.5) is 5.69 Å². The number of hydrogen-bond donors (Lipinski definition) is 0. The van der Waals surface area contributed by atoms with E-state index in [-0.39, 0.29) is 24.3 Å². The van der Waals surface area contributed by atoms with Crippen LogP contribution >= 0.6 is 0 Å². The highest BCUT2D eigenvalue weighted by atomic mass is 16.5. The van der Waals surface area contributed by atoms with Gasteiger partial charge in [-0.25, -0.2) is 0 Å². The molecule has 1 saturated heterocycles. The highest BCUT2D eigenvalue weighted by molar-refractivity contribution is 5.96. The van der Waals surface area contributed by atoms with E-state index in [1.165, 1.54) is 0 Å². The van der Waals surface area contributed by atoms with E-state index in [9.17, 15) is 14.4 Å². The lowest BCUT2D eigenvalue weighted by Gasteiger charge is -2.32. The quantitative estimate of drug-likeness (QED) is 0.723. The number of esters is 1. The summed E-state index contributed by atoms with van der Waals surface area (Å²) < 4.78 is 10.6. The Balaban J connectivity index is 1.57. The molecule has 1 atom stereocenters. The Labute approximate surface area is 165 Å². The van der Waals surface area contributed by atoms with Gasteiger partial charge >= 0.3 is 5.97 Å². The Morgan fingerprint density at radius 1 is 1.14 bits per heavy atom. The maximum atomic E-state index is 12.7. The van der Waals surface area contributed by atoms with Crippen LogP contribution in [0.3, 0.4) is 0 Å². The third-order valence-electron chi connectivity index (χ3n) is 5.45. The largest absolute Gasteiger partial charge is 0.497 e. The number of methoxy groups -OCH3 is 1. The number of fused-ring (bicyclic) bond motifs is 1. The van der Waals surface area contributed by atoms with Gasteiger partial charge in [0.15, 0.2) is 6.61 Å². The highest BCUT2D eigenvalue weighted by Crippen LogP contribution is 2.30. The Hall–Kier alpha value is -2.57. The zero-order valence-electron chi connectivity index (χ0n) is 16.6. The number of piperidine rings is 1. The number of amides is 2. The fourth-order valence-corrected chi connectivity index (χ4v) is 3.91. The number of anilines is 1. The summed E-state index contributed by atoms with van der Waals surface area (Å²) in [6, 6.07) is 5.66. The van der Waals surface area contributed by atoms with Crippen LogP contribution < -0.4 is 9.64 Å². The molecule has 0 spiro atoms.